The Balaban J connectivity index is 1.72. The summed E-state index contributed by atoms with van der Waals surface area (Å²) in [6.45, 7) is 3.62. The molecule has 7 nitrogen and oxygen atoms in total. The van der Waals surface area contributed by atoms with E-state index in [1.807, 2.05) is 29.2 Å². The van der Waals surface area contributed by atoms with Gasteiger partial charge in [0.1, 0.15) is 0 Å². The number of amides is 1. The molecule has 1 saturated heterocycles. The Bertz CT molecular complexity index is 658. The van der Waals surface area contributed by atoms with Crippen LogP contribution in [-0.2, 0) is 6.42 Å². The first kappa shape index (κ1) is 15.6. The van der Waals surface area contributed by atoms with E-state index < -0.39 is 0 Å². The van der Waals surface area contributed by atoms with E-state index in [1.54, 1.807) is 0 Å². The summed E-state index contributed by atoms with van der Waals surface area (Å²) in [5.41, 5.74) is 1.64. The molecular formula is C16H21N5O2. The summed E-state index contributed by atoms with van der Waals surface area (Å²) in [4.78, 5) is 14.6. The molecule has 0 saturated carbocycles. The van der Waals surface area contributed by atoms with Crippen molar-refractivity contribution >= 4 is 5.91 Å². The summed E-state index contributed by atoms with van der Waals surface area (Å²) in [5.74, 6) is 1.23. The van der Waals surface area contributed by atoms with Gasteiger partial charge in [0.2, 0.25) is 0 Å². The number of likely N-dealkylation sites (tertiary alicyclic amines) is 1. The number of carbonyl (C=O) groups is 1. The van der Waals surface area contributed by atoms with Crippen molar-refractivity contribution in [2.75, 3.05) is 19.7 Å². The van der Waals surface area contributed by atoms with Crippen LogP contribution in [0.25, 0.3) is 0 Å². The van der Waals surface area contributed by atoms with E-state index >= 15 is 0 Å². The SMILES string of the molecule is CC1CCN(C(=O)c2cccc(Cc3nn[nH]n3)c2)CC1CO. The van der Waals surface area contributed by atoms with E-state index in [4.69, 9.17) is 0 Å². The third kappa shape index (κ3) is 3.56. The van der Waals surface area contributed by atoms with E-state index in [0.717, 1.165) is 18.5 Å². The summed E-state index contributed by atoms with van der Waals surface area (Å²) in [5, 5.41) is 23.3. The Kier molecular flexibility index (Phi) is 4.66. The molecule has 2 aromatic rings. The van der Waals surface area contributed by atoms with Gasteiger partial charge in [0, 0.05) is 37.6 Å². The van der Waals surface area contributed by atoms with E-state index in [2.05, 4.69) is 27.5 Å². The average molecular weight is 315 g/mol. The van der Waals surface area contributed by atoms with Gasteiger partial charge in [0.15, 0.2) is 5.82 Å². The van der Waals surface area contributed by atoms with E-state index in [-0.39, 0.29) is 18.4 Å². The highest BCUT2D eigenvalue weighted by molar-refractivity contribution is 5.94. The molecule has 122 valence electrons. The number of aliphatic hydroxyl groups excluding tert-OH is 1. The quantitative estimate of drug-likeness (QED) is 0.873. The molecule has 1 aliphatic heterocycles. The van der Waals surface area contributed by atoms with Crippen molar-refractivity contribution in [3.05, 3.63) is 41.2 Å². The predicted octanol–water partition coefficient (Wildman–Crippen LogP) is 0.881. The molecule has 23 heavy (non-hydrogen) atoms. The van der Waals surface area contributed by atoms with Crippen molar-refractivity contribution in [2.45, 2.75) is 19.8 Å². The number of aromatic nitrogens is 4. The third-order valence-corrected chi connectivity index (χ3v) is 4.56. The first-order valence-corrected chi connectivity index (χ1v) is 7.88. The molecule has 1 aromatic heterocycles. The maximum Gasteiger partial charge on any atom is 0.253 e. The van der Waals surface area contributed by atoms with Crippen LogP contribution in [-0.4, -0.2) is 56.2 Å². The Morgan fingerprint density at radius 2 is 2.35 bits per heavy atom. The number of rotatable bonds is 4. The van der Waals surface area contributed by atoms with Crippen molar-refractivity contribution in [3.8, 4) is 0 Å². The number of aliphatic hydroxyl groups is 1. The second kappa shape index (κ2) is 6.87. The van der Waals surface area contributed by atoms with Crippen LogP contribution in [0, 0.1) is 11.8 Å². The van der Waals surface area contributed by atoms with Crippen LogP contribution in [0.1, 0.15) is 35.1 Å². The molecular weight excluding hydrogens is 294 g/mol. The topological polar surface area (TPSA) is 95.0 Å². The van der Waals surface area contributed by atoms with Crippen molar-refractivity contribution in [3.63, 3.8) is 0 Å². The summed E-state index contributed by atoms with van der Waals surface area (Å²) >= 11 is 0. The van der Waals surface area contributed by atoms with Gasteiger partial charge >= 0.3 is 0 Å². The van der Waals surface area contributed by atoms with Crippen LogP contribution in [0.15, 0.2) is 24.3 Å². The van der Waals surface area contributed by atoms with Gasteiger partial charge in [-0.1, -0.05) is 24.3 Å². The normalized spacial score (nSPS) is 21.4. The van der Waals surface area contributed by atoms with E-state index in [0.29, 0.717) is 30.3 Å². The fourth-order valence-electron chi connectivity index (χ4n) is 3.01. The number of nitrogens with one attached hydrogen (secondary N) is 1. The molecule has 2 heterocycles. The number of tetrazole rings is 1. The van der Waals surface area contributed by atoms with Gasteiger partial charge in [-0.25, -0.2) is 0 Å². The minimum atomic E-state index is 0.0188. The lowest BCUT2D eigenvalue weighted by molar-refractivity contribution is 0.0511. The van der Waals surface area contributed by atoms with Crippen LogP contribution in [0.5, 0.6) is 0 Å². The van der Waals surface area contributed by atoms with Crippen LogP contribution in [0.2, 0.25) is 0 Å². The van der Waals surface area contributed by atoms with Gasteiger partial charge in [-0.2, -0.15) is 5.21 Å². The Morgan fingerprint density at radius 3 is 3.09 bits per heavy atom. The summed E-state index contributed by atoms with van der Waals surface area (Å²) in [7, 11) is 0. The number of hydrogen-bond acceptors (Lipinski definition) is 5. The predicted molar refractivity (Wildman–Crippen MR) is 83.7 cm³/mol. The highest BCUT2D eigenvalue weighted by Gasteiger charge is 2.28. The van der Waals surface area contributed by atoms with Crippen LogP contribution in [0.4, 0.5) is 0 Å². The van der Waals surface area contributed by atoms with Gasteiger partial charge in [-0.15, -0.1) is 10.2 Å². The largest absolute Gasteiger partial charge is 0.396 e. The smallest absolute Gasteiger partial charge is 0.253 e. The number of nitrogens with zero attached hydrogens (tertiary/aromatic N) is 4. The highest BCUT2D eigenvalue weighted by Crippen LogP contribution is 2.24. The molecule has 1 aromatic carbocycles. The molecule has 7 heteroatoms. The first-order chi connectivity index (χ1) is 11.2. The van der Waals surface area contributed by atoms with Gasteiger partial charge in [-0.3, -0.25) is 4.79 Å². The zero-order chi connectivity index (χ0) is 16.2. The number of H-pyrrole nitrogens is 1. The molecule has 3 rings (SSSR count). The van der Waals surface area contributed by atoms with E-state index in [9.17, 15) is 9.90 Å². The number of carbonyl (C=O) groups excluding carboxylic acids is 1. The zero-order valence-electron chi connectivity index (χ0n) is 13.1. The molecule has 0 bridgehead atoms. The fraction of sp³-hybridized carbons (Fsp3) is 0.500. The van der Waals surface area contributed by atoms with Crippen molar-refractivity contribution in [1.29, 1.82) is 0 Å². The van der Waals surface area contributed by atoms with E-state index in [1.165, 1.54) is 0 Å². The van der Waals surface area contributed by atoms with Crippen LogP contribution < -0.4 is 0 Å². The van der Waals surface area contributed by atoms with Crippen LogP contribution >= 0.6 is 0 Å². The van der Waals surface area contributed by atoms with Gasteiger partial charge in [-0.05, 0) is 30.0 Å². The number of hydrogen-bond donors (Lipinski definition) is 2. The second-order valence-electron chi connectivity index (χ2n) is 6.16. The van der Waals surface area contributed by atoms with Crippen LogP contribution in [0.3, 0.4) is 0 Å². The molecule has 2 unspecified atom stereocenters. The molecule has 2 atom stereocenters. The second-order valence-corrected chi connectivity index (χ2v) is 6.16. The lowest BCUT2D eigenvalue weighted by Crippen LogP contribution is -2.44. The number of piperidine rings is 1. The monoisotopic (exact) mass is 315 g/mol. The lowest BCUT2D eigenvalue weighted by Gasteiger charge is -2.36. The molecule has 0 aliphatic carbocycles. The van der Waals surface area contributed by atoms with Gasteiger partial charge < -0.3 is 10.0 Å². The fourth-order valence-corrected chi connectivity index (χ4v) is 3.01. The maximum atomic E-state index is 12.7. The van der Waals surface area contributed by atoms with Crippen molar-refractivity contribution in [1.82, 2.24) is 25.5 Å². The molecule has 1 aliphatic rings. The first-order valence-electron chi connectivity index (χ1n) is 7.88. The molecule has 0 spiro atoms. The lowest BCUT2D eigenvalue weighted by atomic mass is 9.87. The Morgan fingerprint density at radius 1 is 1.48 bits per heavy atom. The molecule has 1 fully saturated rings. The van der Waals surface area contributed by atoms with Gasteiger partial charge in [0.25, 0.3) is 5.91 Å². The highest BCUT2D eigenvalue weighted by atomic mass is 16.3. The third-order valence-electron chi connectivity index (χ3n) is 4.56. The Labute approximate surface area is 134 Å². The summed E-state index contributed by atoms with van der Waals surface area (Å²) < 4.78 is 0. The molecule has 2 N–H and O–H groups in total. The van der Waals surface area contributed by atoms with Crippen molar-refractivity contribution in [2.24, 2.45) is 11.8 Å². The van der Waals surface area contributed by atoms with Gasteiger partial charge in [0.05, 0.1) is 0 Å². The minimum absolute atomic E-state index is 0.0188. The average Bonchev–Trinajstić information content (AvgIpc) is 3.08. The molecule has 0 radical (unpaired) electrons. The standard InChI is InChI=1S/C16H21N5O2/c1-11-5-6-21(9-14(11)10-22)16(23)13-4-2-3-12(7-13)8-15-17-19-20-18-15/h2-4,7,11,14,22H,5-6,8-10H2,1H3,(H,17,18,19,20). The summed E-state index contributed by atoms with van der Waals surface area (Å²) in [6, 6.07) is 7.53. The minimum Gasteiger partial charge on any atom is -0.396 e. The maximum absolute atomic E-state index is 12.7. The number of aromatic amines is 1. The Hall–Kier alpha value is -2.28. The van der Waals surface area contributed by atoms with Crippen molar-refractivity contribution < 1.29 is 9.90 Å². The summed E-state index contributed by atoms with van der Waals surface area (Å²) in [6.07, 6.45) is 1.47. The molecule has 1 amide bonds. The number of benzene rings is 1. The zero-order valence-corrected chi connectivity index (χ0v) is 13.1.